The molecule has 1 N–H and O–H groups in total. The lowest BCUT2D eigenvalue weighted by Gasteiger charge is -2.15. The molecular weight excluding hydrogens is 226 g/mol. The number of rotatable bonds is 6. The van der Waals surface area contributed by atoms with Crippen molar-refractivity contribution in [2.45, 2.75) is 31.8 Å². The molecular formula is C15H21NO2. The highest BCUT2D eigenvalue weighted by molar-refractivity contribution is 5.56. The minimum Gasteiger partial charge on any atom is -0.489 e. The number of hydrogen-bond acceptors (Lipinski definition) is 3. The summed E-state index contributed by atoms with van der Waals surface area (Å²) in [6.45, 7) is 2.62. The van der Waals surface area contributed by atoms with Crippen molar-refractivity contribution < 1.29 is 9.47 Å². The zero-order chi connectivity index (χ0) is 12.2. The second-order valence-electron chi connectivity index (χ2n) is 5.27. The van der Waals surface area contributed by atoms with E-state index in [1.54, 1.807) is 0 Å². The van der Waals surface area contributed by atoms with Crippen molar-refractivity contribution >= 4 is 5.69 Å². The first-order valence-corrected chi connectivity index (χ1v) is 6.99. The molecule has 3 heteroatoms. The van der Waals surface area contributed by atoms with Crippen molar-refractivity contribution in [3.05, 3.63) is 24.3 Å². The van der Waals surface area contributed by atoms with Crippen LogP contribution in [0.5, 0.6) is 5.75 Å². The van der Waals surface area contributed by atoms with Crippen LogP contribution in [0, 0.1) is 5.92 Å². The number of para-hydroxylation sites is 2. The summed E-state index contributed by atoms with van der Waals surface area (Å²) < 4.78 is 11.5. The van der Waals surface area contributed by atoms with Gasteiger partial charge >= 0.3 is 0 Å². The first-order valence-electron chi connectivity index (χ1n) is 6.99. The minimum absolute atomic E-state index is 0.279. The Labute approximate surface area is 108 Å². The quantitative estimate of drug-likeness (QED) is 0.838. The number of ether oxygens (including phenoxy) is 2. The molecule has 1 aliphatic carbocycles. The van der Waals surface area contributed by atoms with E-state index >= 15 is 0 Å². The summed E-state index contributed by atoms with van der Waals surface area (Å²) in [7, 11) is 0. The van der Waals surface area contributed by atoms with E-state index < -0.39 is 0 Å². The van der Waals surface area contributed by atoms with Gasteiger partial charge in [-0.05, 0) is 43.7 Å². The summed E-state index contributed by atoms with van der Waals surface area (Å²) in [6, 6.07) is 8.19. The molecule has 1 saturated heterocycles. The predicted molar refractivity (Wildman–Crippen MR) is 72.1 cm³/mol. The van der Waals surface area contributed by atoms with Crippen LogP contribution in [0.2, 0.25) is 0 Å². The summed E-state index contributed by atoms with van der Waals surface area (Å²) in [5.41, 5.74) is 1.11. The monoisotopic (exact) mass is 247 g/mol. The Hall–Kier alpha value is -1.22. The summed E-state index contributed by atoms with van der Waals surface area (Å²) >= 11 is 0. The Balaban J connectivity index is 1.55. The normalized spacial score (nSPS) is 23.0. The van der Waals surface area contributed by atoms with Crippen LogP contribution in [0.4, 0.5) is 5.69 Å². The van der Waals surface area contributed by atoms with Gasteiger partial charge in [-0.3, -0.25) is 0 Å². The smallest absolute Gasteiger partial charge is 0.142 e. The Morgan fingerprint density at radius 1 is 1.22 bits per heavy atom. The van der Waals surface area contributed by atoms with Crippen molar-refractivity contribution in [2.24, 2.45) is 5.92 Å². The molecule has 3 nitrogen and oxygen atoms in total. The first-order chi connectivity index (χ1) is 8.92. The van der Waals surface area contributed by atoms with Crippen LogP contribution < -0.4 is 10.1 Å². The molecule has 18 heavy (non-hydrogen) atoms. The van der Waals surface area contributed by atoms with Gasteiger partial charge in [-0.15, -0.1) is 0 Å². The lowest BCUT2D eigenvalue weighted by atomic mass is 10.2. The lowest BCUT2D eigenvalue weighted by molar-refractivity contribution is 0.0682. The Morgan fingerprint density at radius 3 is 2.89 bits per heavy atom. The summed E-state index contributed by atoms with van der Waals surface area (Å²) in [6.07, 6.45) is 5.30. The highest BCUT2D eigenvalue weighted by Gasteiger charge is 2.21. The fraction of sp³-hybridized carbons (Fsp3) is 0.600. The van der Waals surface area contributed by atoms with Crippen LogP contribution >= 0.6 is 0 Å². The number of benzene rings is 1. The number of nitrogens with one attached hydrogen (secondary N) is 1. The molecule has 3 rings (SSSR count). The predicted octanol–water partition coefficient (Wildman–Crippen LogP) is 3.07. The van der Waals surface area contributed by atoms with Gasteiger partial charge in [0.1, 0.15) is 12.4 Å². The maximum absolute atomic E-state index is 5.89. The number of hydrogen-bond donors (Lipinski definition) is 1. The molecule has 98 valence electrons. The largest absolute Gasteiger partial charge is 0.489 e. The van der Waals surface area contributed by atoms with Crippen molar-refractivity contribution in [2.75, 3.05) is 25.1 Å². The Kier molecular flexibility index (Phi) is 3.69. The van der Waals surface area contributed by atoms with E-state index in [-0.39, 0.29) is 6.10 Å². The highest BCUT2D eigenvalue weighted by atomic mass is 16.5. The molecule has 1 heterocycles. The molecule has 0 aromatic heterocycles. The molecule has 1 aliphatic heterocycles. The molecule has 1 aromatic rings. The van der Waals surface area contributed by atoms with E-state index in [9.17, 15) is 0 Å². The van der Waals surface area contributed by atoms with E-state index in [0.29, 0.717) is 6.61 Å². The molecule has 0 bridgehead atoms. The van der Waals surface area contributed by atoms with Gasteiger partial charge in [0.05, 0.1) is 11.8 Å². The van der Waals surface area contributed by atoms with E-state index in [4.69, 9.17) is 9.47 Å². The van der Waals surface area contributed by atoms with E-state index in [2.05, 4.69) is 11.4 Å². The summed E-state index contributed by atoms with van der Waals surface area (Å²) in [5.74, 6) is 1.82. The molecule has 1 atom stereocenters. The van der Waals surface area contributed by atoms with Crippen molar-refractivity contribution in [1.82, 2.24) is 0 Å². The van der Waals surface area contributed by atoms with Crippen molar-refractivity contribution in [3.8, 4) is 5.75 Å². The summed E-state index contributed by atoms with van der Waals surface area (Å²) in [4.78, 5) is 0. The van der Waals surface area contributed by atoms with E-state index in [0.717, 1.165) is 43.3 Å². The van der Waals surface area contributed by atoms with Crippen LogP contribution in [0.3, 0.4) is 0 Å². The van der Waals surface area contributed by atoms with Gasteiger partial charge in [-0.25, -0.2) is 0 Å². The fourth-order valence-corrected chi connectivity index (χ4v) is 2.27. The second-order valence-corrected chi connectivity index (χ2v) is 5.27. The van der Waals surface area contributed by atoms with Crippen LogP contribution in [-0.4, -0.2) is 25.9 Å². The molecule has 2 aliphatic rings. The Bertz CT molecular complexity index is 384. The number of anilines is 1. The third-order valence-electron chi connectivity index (χ3n) is 3.61. The van der Waals surface area contributed by atoms with E-state index in [1.807, 2.05) is 18.2 Å². The van der Waals surface area contributed by atoms with Gasteiger partial charge in [0.2, 0.25) is 0 Å². The highest BCUT2D eigenvalue weighted by Crippen LogP contribution is 2.31. The minimum atomic E-state index is 0.279. The fourth-order valence-electron chi connectivity index (χ4n) is 2.27. The molecule has 2 fully saturated rings. The van der Waals surface area contributed by atoms with Gasteiger partial charge < -0.3 is 14.8 Å². The average Bonchev–Trinajstić information content (AvgIpc) is 3.09. The summed E-state index contributed by atoms with van der Waals surface area (Å²) in [5, 5.41) is 3.48. The standard InChI is InChI=1S/C15H21NO2/c1-2-6-15(18-11-13-4-3-9-17-13)14(5-1)16-10-12-7-8-12/h1-2,5-6,12-13,16H,3-4,7-11H2. The third-order valence-corrected chi connectivity index (χ3v) is 3.61. The lowest BCUT2D eigenvalue weighted by Crippen LogP contribution is -2.17. The van der Waals surface area contributed by atoms with Crippen LogP contribution in [0.1, 0.15) is 25.7 Å². The Morgan fingerprint density at radius 2 is 2.11 bits per heavy atom. The van der Waals surface area contributed by atoms with Crippen LogP contribution in [0.15, 0.2) is 24.3 Å². The average molecular weight is 247 g/mol. The molecule has 1 unspecified atom stereocenters. The third kappa shape index (κ3) is 3.16. The van der Waals surface area contributed by atoms with Crippen molar-refractivity contribution in [3.63, 3.8) is 0 Å². The van der Waals surface area contributed by atoms with Gasteiger partial charge in [-0.2, -0.15) is 0 Å². The molecule has 0 radical (unpaired) electrons. The van der Waals surface area contributed by atoms with Gasteiger partial charge in [-0.1, -0.05) is 12.1 Å². The SMILES string of the molecule is c1ccc(OCC2CCCO2)c(NCC2CC2)c1. The molecule has 1 aromatic carbocycles. The second kappa shape index (κ2) is 5.61. The van der Waals surface area contributed by atoms with Gasteiger partial charge in [0.15, 0.2) is 0 Å². The molecule has 0 amide bonds. The van der Waals surface area contributed by atoms with Crippen LogP contribution in [-0.2, 0) is 4.74 Å². The van der Waals surface area contributed by atoms with Crippen molar-refractivity contribution in [1.29, 1.82) is 0 Å². The molecule has 0 spiro atoms. The van der Waals surface area contributed by atoms with E-state index in [1.165, 1.54) is 12.8 Å². The van der Waals surface area contributed by atoms with Crippen LogP contribution in [0.25, 0.3) is 0 Å². The zero-order valence-electron chi connectivity index (χ0n) is 10.7. The maximum Gasteiger partial charge on any atom is 0.142 e. The van der Waals surface area contributed by atoms with Gasteiger partial charge in [0, 0.05) is 13.2 Å². The van der Waals surface area contributed by atoms with Gasteiger partial charge in [0.25, 0.3) is 0 Å². The maximum atomic E-state index is 5.89. The topological polar surface area (TPSA) is 30.5 Å². The molecule has 1 saturated carbocycles. The zero-order valence-corrected chi connectivity index (χ0v) is 10.7. The first kappa shape index (κ1) is 11.8.